The van der Waals surface area contributed by atoms with Gasteiger partial charge >= 0.3 is 5.97 Å². The zero-order valence-electron chi connectivity index (χ0n) is 12.4. The fourth-order valence-electron chi connectivity index (χ4n) is 2.44. The third-order valence-electron chi connectivity index (χ3n) is 3.88. The number of carboxylic acids is 1. The van der Waals surface area contributed by atoms with Gasteiger partial charge in [0.1, 0.15) is 0 Å². The van der Waals surface area contributed by atoms with Gasteiger partial charge in [-0.2, -0.15) is 0 Å². The Morgan fingerprint density at radius 2 is 1.33 bits per heavy atom. The Bertz CT molecular complexity index is 593. The van der Waals surface area contributed by atoms with E-state index in [0.29, 0.717) is 11.1 Å². The van der Waals surface area contributed by atoms with Crippen molar-refractivity contribution in [1.82, 2.24) is 0 Å². The summed E-state index contributed by atoms with van der Waals surface area (Å²) in [5, 5.41) is 10.2. The number of carbonyl (C=O) groups is 1. The summed E-state index contributed by atoms with van der Waals surface area (Å²) in [5.74, 6) is -0.806. The molecule has 0 aromatic heterocycles. The number of hydrogen-bond donors (Lipinski definition) is 1. The summed E-state index contributed by atoms with van der Waals surface area (Å²) in [6.45, 7) is 3.67. The average molecular weight is 296 g/mol. The average Bonchev–Trinajstić information content (AvgIpc) is 2.53. The van der Waals surface area contributed by atoms with Crippen molar-refractivity contribution >= 4 is 15.5 Å². The zero-order valence-corrected chi connectivity index (χ0v) is 13.8. The van der Waals surface area contributed by atoms with Gasteiger partial charge in [0.05, 0.1) is 9.52 Å². The molecule has 0 amide bonds. The quantitative estimate of drug-likeness (QED) is 0.679. The second kappa shape index (κ2) is 7.04. The highest BCUT2D eigenvalue weighted by Gasteiger charge is 2.17. The molecule has 0 aliphatic carbocycles. The molecule has 0 aliphatic heterocycles. The van der Waals surface area contributed by atoms with Gasteiger partial charge in [0, 0.05) is 11.1 Å². The summed E-state index contributed by atoms with van der Waals surface area (Å²) in [7, 11) is -0.738. The molecular weight excluding hydrogens is 276 g/mol. The van der Waals surface area contributed by atoms with Gasteiger partial charge in [0.25, 0.3) is 0 Å². The highest BCUT2D eigenvalue weighted by Crippen LogP contribution is 2.25. The second-order valence-electron chi connectivity index (χ2n) is 5.29. The third kappa shape index (κ3) is 3.92. The number of benzene rings is 2. The molecule has 0 fully saturated rings. The summed E-state index contributed by atoms with van der Waals surface area (Å²) in [4.78, 5) is 11.2. The summed E-state index contributed by atoms with van der Waals surface area (Å²) in [5.41, 5.74) is 3.36. The topological polar surface area (TPSA) is 37.3 Å². The molecule has 3 heteroatoms. The predicted octanol–water partition coefficient (Wildman–Crippen LogP) is 3.32. The molecule has 0 unspecified atom stereocenters. The van der Waals surface area contributed by atoms with Crippen LogP contribution in [0, 0.1) is 0 Å². The maximum atomic E-state index is 11.2. The Morgan fingerprint density at radius 1 is 0.905 bits per heavy atom. The van der Waals surface area contributed by atoms with Crippen molar-refractivity contribution in [1.29, 1.82) is 0 Å². The van der Waals surface area contributed by atoms with Crippen LogP contribution in [-0.2, 0) is 4.79 Å². The third-order valence-corrected chi connectivity index (χ3v) is 6.37. The van der Waals surface area contributed by atoms with Crippen molar-refractivity contribution in [3.63, 3.8) is 0 Å². The normalized spacial score (nSPS) is 12.7. The van der Waals surface area contributed by atoms with Crippen LogP contribution in [0.5, 0.6) is 0 Å². The molecule has 2 aromatic rings. The Hall–Kier alpha value is -2.13. The van der Waals surface area contributed by atoms with Crippen molar-refractivity contribution in [2.24, 2.45) is 0 Å². The van der Waals surface area contributed by atoms with E-state index in [1.165, 1.54) is 11.1 Å². The molecule has 1 N–H and O–H groups in total. The molecular formula is C18H20O2Si. The van der Waals surface area contributed by atoms with E-state index in [1.807, 2.05) is 43.3 Å². The molecule has 0 aliphatic rings. The lowest BCUT2D eigenvalue weighted by molar-refractivity contribution is -0.132. The Balaban J connectivity index is 2.39. The molecule has 0 radical (unpaired) electrons. The monoisotopic (exact) mass is 296 g/mol. The van der Waals surface area contributed by atoms with E-state index >= 15 is 0 Å². The highest BCUT2D eigenvalue weighted by atomic mass is 28.2. The smallest absolute Gasteiger partial charge is 0.330 e. The van der Waals surface area contributed by atoms with Crippen LogP contribution >= 0.6 is 0 Å². The van der Waals surface area contributed by atoms with E-state index in [9.17, 15) is 9.90 Å². The summed E-state index contributed by atoms with van der Waals surface area (Å²) >= 11 is 0. The fourth-order valence-corrected chi connectivity index (χ4v) is 4.53. The van der Waals surface area contributed by atoms with Crippen molar-refractivity contribution in [3.05, 3.63) is 82.6 Å². The molecule has 0 bridgehead atoms. The first-order chi connectivity index (χ1) is 10.1. The molecule has 0 spiro atoms. The van der Waals surface area contributed by atoms with Crippen LogP contribution in [0.4, 0.5) is 0 Å². The van der Waals surface area contributed by atoms with Crippen LogP contribution < -0.4 is 0 Å². The molecule has 2 nitrogen and oxygen atoms in total. The van der Waals surface area contributed by atoms with Gasteiger partial charge in [-0.3, -0.25) is 0 Å². The fraction of sp³-hybridized carbons (Fsp3) is 0.167. The van der Waals surface area contributed by atoms with Crippen molar-refractivity contribution in [3.8, 4) is 0 Å². The van der Waals surface area contributed by atoms with Crippen LogP contribution in [-0.4, -0.2) is 20.6 Å². The van der Waals surface area contributed by atoms with Gasteiger partial charge in [-0.1, -0.05) is 65.9 Å². The van der Waals surface area contributed by atoms with Crippen LogP contribution in [0.2, 0.25) is 0 Å². The maximum Gasteiger partial charge on any atom is 0.330 e. The number of aliphatic carboxylic acids is 1. The standard InChI is InChI=1S/C18H20O2Si/c1-13(18(19)20)14(2)21-17(15-9-5-3-6-10-15)16-11-7-4-8-12-16/h3-12,17H,21H2,1-2H3,(H,19,20)/b14-13+. The van der Waals surface area contributed by atoms with Crippen molar-refractivity contribution in [2.45, 2.75) is 19.4 Å². The van der Waals surface area contributed by atoms with Gasteiger partial charge in [-0.15, -0.1) is 0 Å². The van der Waals surface area contributed by atoms with E-state index in [2.05, 4.69) is 24.3 Å². The number of allylic oxidation sites excluding steroid dienone is 1. The van der Waals surface area contributed by atoms with Gasteiger partial charge < -0.3 is 5.11 Å². The Morgan fingerprint density at radius 3 is 1.71 bits per heavy atom. The molecule has 0 heterocycles. The van der Waals surface area contributed by atoms with E-state index in [4.69, 9.17) is 0 Å². The molecule has 0 atom stereocenters. The minimum Gasteiger partial charge on any atom is -0.478 e. The van der Waals surface area contributed by atoms with Crippen molar-refractivity contribution < 1.29 is 9.90 Å². The number of hydrogen-bond acceptors (Lipinski definition) is 1. The van der Waals surface area contributed by atoms with Gasteiger partial charge in [0.15, 0.2) is 0 Å². The SMILES string of the molecule is C/C([SiH2]C(c1ccccc1)c1ccccc1)=C(/C)C(=O)O. The Labute approximate surface area is 128 Å². The van der Waals surface area contributed by atoms with Gasteiger partial charge in [0.2, 0.25) is 0 Å². The molecule has 0 saturated heterocycles. The number of carboxylic acid groups (broad SMARTS) is 1. The maximum absolute atomic E-state index is 11.2. The van der Waals surface area contributed by atoms with Crippen LogP contribution in [0.15, 0.2) is 71.4 Å². The summed E-state index contributed by atoms with van der Waals surface area (Å²) in [6.07, 6.45) is 0. The van der Waals surface area contributed by atoms with Crippen LogP contribution in [0.3, 0.4) is 0 Å². The summed E-state index contributed by atoms with van der Waals surface area (Å²) < 4.78 is 0. The first kappa shape index (κ1) is 15.3. The van der Waals surface area contributed by atoms with Crippen molar-refractivity contribution in [2.75, 3.05) is 0 Å². The number of rotatable bonds is 5. The second-order valence-corrected chi connectivity index (χ2v) is 7.57. The first-order valence-corrected chi connectivity index (χ1v) is 8.61. The molecule has 21 heavy (non-hydrogen) atoms. The lowest BCUT2D eigenvalue weighted by atomic mass is 10.0. The van der Waals surface area contributed by atoms with Crippen LogP contribution in [0.25, 0.3) is 0 Å². The molecule has 0 saturated carbocycles. The molecule has 108 valence electrons. The van der Waals surface area contributed by atoms with Gasteiger partial charge in [-0.25, -0.2) is 4.79 Å². The van der Waals surface area contributed by atoms with E-state index in [-0.39, 0.29) is 0 Å². The van der Waals surface area contributed by atoms with Crippen LogP contribution in [0.1, 0.15) is 30.5 Å². The van der Waals surface area contributed by atoms with E-state index in [1.54, 1.807) is 6.92 Å². The molecule has 2 aromatic carbocycles. The lowest BCUT2D eigenvalue weighted by Gasteiger charge is -2.18. The lowest BCUT2D eigenvalue weighted by Crippen LogP contribution is -2.14. The Kier molecular flexibility index (Phi) is 5.12. The summed E-state index contributed by atoms with van der Waals surface area (Å²) in [6, 6.07) is 20.7. The van der Waals surface area contributed by atoms with Gasteiger partial charge in [-0.05, 0) is 25.0 Å². The largest absolute Gasteiger partial charge is 0.478 e. The highest BCUT2D eigenvalue weighted by molar-refractivity contribution is 6.49. The van der Waals surface area contributed by atoms with E-state index < -0.39 is 15.5 Å². The zero-order chi connectivity index (χ0) is 15.2. The minimum atomic E-state index is -0.806. The molecule has 2 rings (SSSR count). The first-order valence-electron chi connectivity index (χ1n) is 7.09. The minimum absolute atomic E-state index is 0.321. The van der Waals surface area contributed by atoms with E-state index in [0.717, 1.165) is 5.20 Å². The predicted molar refractivity (Wildman–Crippen MR) is 89.3 cm³/mol.